The van der Waals surface area contributed by atoms with Crippen molar-refractivity contribution in [1.82, 2.24) is 4.90 Å². The molecule has 0 spiro atoms. The molecule has 1 fully saturated rings. The van der Waals surface area contributed by atoms with Crippen LogP contribution in [-0.2, 0) is 22.6 Å². The lowest BCUT2D eigenvalue weighted by molar-refractivity contribution is -0.135. The van der Waals surface area contributed by atoms with Crippen molar-refractivity contribution in [3.8, 4) is 11.5 Å². The molecule has 2 amide bonds. The first-order valence-corrected chi connectivity index (χ1v) is 10.1. The molecule has 4 rings (SSSR count). The topological polar surface area (TPSA) is 59.1 Å². The zero-order valence-corrected chi connectivity index (χ0v) is 16.9. The Hall–Kier alpha value is -3.02. The largest absolute Gasteiger partial charge is 0.486 e. The lowest BCUT2D eigenvalue weighted by Gasteiger charge is -2.23. The normalized spacial score (nSPS) is 18.1. The van der Waals surface area contributed by atoms with Crippen molar-refractivity contribution in [1.29, 1.82) is 0 Å². The van der Waals surface area contributed by atoms with Crippen molar-refractivity contribution in [2.75, 3.05) is 31.7 Å². The number of nitrogens with zero attached hydrogens (tertiary/aromatic N) is 2. The third-order valence-electron chi connectivity index (χ3n) is 5.53. The van der Waals surface area contributed by atoms with E-state index in [-0.39, 0.29) is 24.2 Å². The van der Waals surface area contributed by atoms with Gasteiger partial charge in [-0.1, -0.05) is 25.1 Å². The molecule has 0 radical (unpaired) electrons. The minimum absolute atomic E-state index is 0.000304. The van der Waals surface area contributed by atoms with Gasteiger partial charge >= 0.3 is 0 Å². The molecule has 2 aliphatic rings. The second kappa shape index (κ2) is 8.15. The maximum absolute atomic E-state index is 13.0. The smallest absolute Gasteiger partial charge is 0.228 e. The molecule has 2 heterocycles. The Morgan fingerprint density at radius 2 is 1.76 bits per heavy atom. The van der Waals surface area contributed by atoms with Crippen molar-refractivity contribution in [3.05, 3.63) is 53.6 Å². The number of anilines is 1. The van der Waals surface area contributed by atoms with Crippen molar-refractivity contribution >= 4 is 17.5 Å². The van der Waals surface area contributed by atoms with E-state index in [0.29, 0.717) is 32.1 Å². The minimum Gasteiger partial charge on any atom is -0.486 e. The molecule has 6 heteroatoms. The Balaban J connectivity index is 1.40. The van der Waals surface area contributed by atoms with Crippen molar-refractivity contribution in [2.45, 2.75) is 26.3 Å². The summed E-state index contributed by atoms with van der Waals surface area (Å²) >= 11 is 0. The number of hydrogen-bond donors (Lipinski definition) is 0. The van der Waals surface area contributed by atoms with Gasteiger partial charge in [0.2, 0.25) is 11.8 Å². The van der Waals surface area contributed by atoms with Gasteiger partial charge in [-0.05, 0) is 41.8 Å². The summed E-state index contributed by atoms with van der Waals surface area (Å²) in [7, 11) is 1.78. The highest BCUT2D eigenvalue weighted by Gasteiger charge is 2.36. The van der Waals surface area contributed by atoms with E-state index in [4.69, 9.17) is 9.47 Å². The van der Waals surface area contributed by atoms with Gasteiger partial charge in [-0.25, -0.2) is 0 Å². The second-order valence-electron chi connectivity index (χ2n) is 7.60. The Kier molecular flexibility index (Phi) is 5.43. The molecular weight excluding hydrogens is 368 g/mol. The zero-order chi connectivity index (χ0) is 20.4. The van der Waals surface area contributed by atoms with Crippen LogP contribution in [0.4, 0.5) is 5.69 Å². The molecule has 0 aliphatic carbocycles. The molecule has 1 saturated heterocycles. The van der Waals surface area contributed by atoms with Crippen molar-refractivity contribution in [2.24, 2.45) is 5.92 Å². The molecule has 0 bridgehead atoms. The number of carbonyl (C=O) groups excluding carboxylic acids is 2. The number of amides is 2. The number of rotatable bonds is 5. The van der Waals surface area contributed by atoms with Gasteiger partial charge in [0.25, 0.3) is 0 Å². The monoisotopic (exact) mass is 394 g/mol. The number of carbonyl (C=O) groups is 2. The average Bonchev–Trinajstić information content (AvgIpc) is 3.14. The molecule has 29 heavy (non-hydrogen) atoms. The van der Waals surface area contributed by atoms with Gasteiger partial charge in [0.15, 0.2) is 11.5 Å². The van der Waals surface area contributed by atoms with E-state index in [1.165, 1.54) is 5.56 Å². The summed E-state index contributed by atoms with van der Waals surface area (Å²) in [5, 5.41) is 0. The van der Waals surface area contributed by atoms with Gasteiger partial charge in [0.05, 0.1) is 5.92 Å². The van der Waals surface area contributed by atoms with Gasteiger partial charge in [-0.15, -0.1) is 0 Å². The van der Waals surface area contributed by atoms with E-state index in [9.17, 15) is 9.59 Å². The van der Waals surface area contributed by atoms with E-state index in [1.54, 1.807) is 16.8 Å². The SMILES string of the molecule is CCc1ccc(N2CC(C(=O)N(C)Cc3ccc4c(c3)OCCO4)CC2=O)cc1. The molecule has 1 atom stereocenters. The zero-order valence-electron chi connectivity index (χ0n) is 16.9. The molecule has 2 aliphatic heterocycles. The van der Waals surface area contributed by atoms with Crippen LogP contribution in [0.5, 0.6) is 11.5 Å². The van der Waals surface area contributed by atoms with Crippen LogP contribution in [0.1, 0.15) is 24.5 Å². The summed E-state index contributed by atoms with van der Waals surface area (Å²) in [4.78, 5) is 28.9. The summed E-state index contributed by atoms with van der Waals surface area (Å²) in [6.07, 6.45) is 1.21. The predicted octanol–water partition coefficient (Wildman–Crippen LogP) is 3.03. The summed E-state index contributed by atoms with van der Waals surface area (Å²) in [5.74, 6) is 1.12. The van der Waals surface area contributed by atoms with Crippen LogP contribution in [-0.4, -0.2) is 43.5 Å². The number of ether oxygens (including phenoxy) is 2. The van der Waals surface area contributed by atoms with Crippen molar-refractivity contribution < 1.29 is 19.1 Å². The Morgan fingerprint density at radius 3 is 2.48 bits per heavy atom. The first-order chi connectivity index (χ1) is 14.0. The minimum atomic E-state index is -0.324. The van der Waals surface area contributed by atoms with Crippen LogP contribution in [0.3, 0.4) is 0 Å². The van der Waals surface area contributed by atoms with E-state index in [1.807, 2.05) is 42.5 Å². The van der Waals surface area contributed by atoms with Gasteiger partial charge in [0.1, 0.15) is 13.2 Å². The van der Waals surface area contributed by atoms with E-state index in [2.05, 4.69) is 6.92 Å². The number of aryl methyl sites for hydroxylation is 1. The highest BCUT2D eigenvalue weighted by atomic mass is 16.6. The lowest BCUT2D eigenvalue weighted by atomic mass is 10.1. The standard InChI is InChI=1S/C23H26N2O4/c1-3-16-4-7-19(8-5-16)25-15-18(13-22(25)26)23(27)24(2)14-17-6-9-20-21(12-17)29-11-10-28-20/h4-9,12,18H,3,10-11,13-15H2,1-2H3. The Labute approximate surface area is 171 Å². The van der Waals surface area contributed by atoms with Crippen LogP contribution in [0.25, 0.3) is 0 Å². The third-order valence-corrected chi connectivity index (χ3v) is 5.53. The number of benzene rings is 2. The van der Waals surface area contributed by atoms with E-state index >= 15 is 0 Å². The molecular formula is C23H26N2O4. The summed E-state index contributed by atoms with van der Waals surface area (Å²) in [6, 6.07) is 13.7. The predicted molar refractivity (Wildman–Crippen MR) is 110 cm³/mol. The van der Waals surface area contributed by atoms with Gasteiger partial charge in [-0.2, -0.15) is 0 Å². The third kappa shape index (κ3) is 4.06. The van der Waals surface area contributed by atoms with Gasteiger partial charge in [0, 0.05) is 32.2 Å². The van der Waals surface area contributed by atoms with Crippen LogP contribution < -0.4 is 14.4 Å². The Bertz CT molecular complexity index is 910. The first-order valence-electron chi connectivity index (χ1n) is 10.1. The summed E-state index contributed by atoms with van der Waals surface area (Å²) in [6.45, 7) is 4.07. The van der Waals surface area contributed by atoms with E-state index < -0.39 is 0 Å². The van der Waals surface area contributed by atoms with Crippen LogP contribution >= 0.6 is 0 Å². The molecule has 0 aromatic heterocycles. The molecule has 2 aromatic rings. The fourth-order valence-electron chi connectivity index (χ4n) is 3.88. The van der Waals surface area contributed by atoms with Gasteiger partial charge in [-0.3, -0.25) is 9.59 Å². The summed E-state index contributed by atoms with van der Waals surface area (Å²) in [5.41, 5.74) is 3.06. The molecule has 6 nitrogen and oxygen atoms in total. The first kappa shape index (κ1) is 19.3. The molecule has 0 N–H and O–H groups in total. The molecule has 0 saturated carbocycles. The molecule has 1 unspecified atom stereocenters. The quantitative estimate of drug-likeness (QED) is 0.782. The lowest BCUT2D eigenvalue weighted by Crippen LogP contribution is -2.34. The Morgan fingerprint density at radius 1 is 1.07 bits per heavy atom. The second-order valence-corrected chi connectivity index (χ2v) is 7.60. The fraction of sp³-hybridized carbons (Fsp3) is 0.391. The number of fused-ring (bicyclic) bond motifs is 1. The number of hydrogen-bond acceptors (Lipinski definition) is 4. The maximum Gasteiger partial charge on any atom is 0.228 e. The fourth-order valence-corrected chi connectivity index (χ4v) is 3.88. The highest BCUT2D eigenvalue weighted by molar-refractivity contribution is 6.00. The molecule has 2 aromatic carbocycles. The van der Waals surface area contributed by atoms with Gasteiger partial charge < -0.3 is 19.3 Å². The van der Waals surface area contributed by atoms with E-state index in [0.717, 1.165) is 23.4 Å². The molecule has 152 valence electrons. The maximum atomic E-state index is 13.0. The highest BCUT2D eigenvalue weighted by Crippen LogP contribution is 2.31. The van der Waals surface area contributed by atoms with Crippen LogP contribution in [0.15, 0.2) is 42.5 Å². The van der Waals surface area contributed by atoms with Crippen LogP contribution in [0.2, 0.25) is 0 Å². The van der Waals surface area contributed by atoms with Crippen LogP contribution in [0, 0.1) is 5.92 Å². The summed E-state index contributed by atoms with van der Waals surface area (Å²) < 4.78 is 11.2. The van der Waals surface area contributed by atoms with Crippen molar-refractivity contribution in [3.63, 3.8) is 0 Å². The average molecular weight is 394 g/mol.